The molecule has 0 aliphatic heterocycles. The number of thiazole rings is 2. The van der Waals surface area contributed by atoms with Crippen LogP contribution in [0.2, 0.25) is 0 Å². The lowest BCUT2D eigenvalue weighted by atomic mass is 10.1. The number of benzene rings is 1. The Balaban J connectivity index is 1.68. The first-order chi connectivity index (χ1) is 14.5. The van der Waals surface area contributed by atoms with Gasteiger partial charge in [-0.1, -0.05) is 12.1 Å². The number of hydrogen-bond donors (Lipinski definition) is 3. The van der Waals surface area contributed by atoms with Gasteiger partial charge in [-0.05, 0) is 17.7 Å². The van der Waals surface area contributed by atoms with Gasteiger partial charge in [-0.15, -0.1) is 22.7 Å². The van der Waals surface area contributed by atoms with E-state index in [0.29, 0.717) is 26.8 Å². The molecule has 0 atom stereocenters. The minimum Gasteiger partial charge on any atom is -0.390 e. The van der Waals surface area contributed by atoms with E-state index in [1.165, 1.54) is 0 Å². The highest BCUT2D eigenvalue weighted by molar-refractivity contribution is 7.92. The first kappa shape index (κ1) is 23.3. The maximum Gasteiger partial charge on any atom is 0.501 e. The second kappa shape index (κ2) is 9.00. The first-order valence-electron chi connectivity index (χ1n) is 8.41. The van der Waals surface area contributed by atoms with Crippen molar-refractivity contribution in [1.29, 1.82) is 0 Å². The van der Waals surface area contributed by atoms with E-state index in [-0.39, 0.29) is 24.8 Å². The second-order valence-electron chi connectivity index (χ2n) is 6.06. The molecule has 14 heteroatoms. The third-order valence-electron chi connectivity index (χ3n) is 3.91. The third-order valence-corrected chi connectivity index (χ3v) is 7.28. The Bertz CT molecular complexity index is 1190. The van der Waals surface area contributed by atoms with Crippen LogP contribution in [0.3, 0.4) is 0 Å². The monoisotopic (exact) mass is 493 g/mol. The van der Waals surface area contributed by atoms with Crippen LogP contribution in [-0.4, -0.2) is 40.0 Å². The molecule has 0 unspecified atom stereocenters. The molecule has 166 valence electrons. The van der Waals surface area contributed by atoms with E-state index in [9.17, 15) is 36.6 Å². The van der Waals surface area contributed by atoms with Crippen molar-refractivity contribution >= 4 is 43.5 Å². The maximum absolute atomic E-state index is 12.6. The summed E-state index contributed by atoms with van der Waals surface area (Å²) in [5.41, 5.74) is -4.28. The smallest absolute Gasteiger partial charge is 0.390 e. The van der Waals surface area contributed by atoms with E-state index in [4.69, 9.17) is 0 Å². The number of aliphatic hydroxyl groups excluding tert-OH is 2. The van der Waals surface area contributed by atoms with Gasteiger partial charge in [0.05, 0.1) is 40.8 Å². The summed E-state index contributed by atoms with van der Waals surface area (Å²) in [5, 5.41) is 23.4. The molecule has 8 nitrogen and oxygen atoms in total. The van der Waals surface area contributed by atoms with Crippen LogP contribution in [-0.2, 0) is 34.3 Å². The van der Waals surface area contributed by atoms with Gasteiger partial charge in [0.1, 0.15) is 5.01 Å². The van der Waals surface area contributed by atoms with Crippen LogP contribution >= 0.6 is 22.7 Å². The van der Waals surface area contributed by atoms with Crippen LogP contribution in [0.5, 0.6) is 0 Å². The summed E-state index contributed by atoms with van der Waals surface area (Å²) in [4.78, 5) is 20.2. The minimum absolute atomic E-state index is 0.210. The average molecular weight is 494 g/mol. The number of hydrogen-bond acceptors (Lipinski definition) is 9. The molecule has 1 amide bonds. The highest BCUT2D eigenvalue weighted by Gasteiger charge is 2.46. The number of carbonyl (C=O) groups excluding carboxylic acids is 1. The lowest BCUT2D eigenvalue weighted by Crippen LogP contribution is -2.23. The van der Waals surface area contributed by atoms with Crippen molar-refractivity contribution in [2.75, 3.05) is 5.32 Å². The van der Waals surface area contributed by atoms with Gasteiger partial charge >= 0.3 is 5.51 Å². The normalized spacial score (nSPS) is 12.2. The quantitative estimate of drug-likeness (QED) is 0.462. The molecule has 31 heavy (non-hydrogen) atoms. The number of halogens is 3. The fraction of sp³-hybridized carbons (Fsp3) is 0.235. The average Bonchev–Trinajstić information content (AvgIpc) is 3.33. The van der Waals surface area contributed by atoms with Gasteiger partial charge in [0.15, 0.2) is 5.13 Å². The molecule has 1 aromatic carbocycles. The van der Waals surface area contributed by atoms with Crippen LogP contribution in [0.4, 0.5) is 18.3 Å². The molecule has 2 aromatic heterocycles. The molecule has 0 aliphatic rings. The Morgan fingerprint density at radius 3 is 2.35 bits per heavy atom. The fourth-order valence-corrected chi connectivity index (χ4v) is 4.93. The molecule has 0 radical (unpaired) electrons. The number of sulfone groups is 1. The largest absolute Gasteiger partial charge is 0.501 e. The lowest BCUT2D eigenvalue weighted by Gasteiger charge is -2.08. The Morgan fingerprint density at radius 2 is 1.77 bits per heavy atom. The number of amides is 1. The molecule has 3 rings (SSSR count). The zero-order chi connectivity index (χ0) is 22.8. The van der Waals surface area contributed by atoms with E-state index < -0.39 is 26.1 Å². The Hall–Kier alpha value is -2.39. The minimum atomic E-state index is -5.45. The zero-order valence-electron chi connectivity index (χ0n) is 15.4. The van der Waals surface area contributed by atoms with E-state index in [0.717, 1.165) is 46.9 Å². The van der Waals surface area contributed by atoms with Crippen molar-refractivity contribution in [3.05, 3.63) is 45.9 Å². The molecule has 3 N–H and O–H groups in total. The number of aliphatic hydroxyl groups is 2. The highest BCUT2D eigenvalue weighted by Crippen LogP contribution is 2.33. The van der Waals surface area contributed by atoms with Gasteiger partial charge in [-0.3, -0.25) is 4.79 Å². The first-order valence-corrected chi connectivity index (χ1v) is 11.6. The Morgan fingerprint density at radius 1 is 1.10 bits per heavy atom. The fourth-order valence-electron chi connectivity index (χ4n) is 2.48. The van der Waals surface area contributed by atoms with Crippen molar-refractivity contribution in [3.63, 3.8) is 0 Å². The van der Waals surface area contributed by atoms with Crippen molar-refractivity contribution in [1.82, 2.24) is 9.97 Å². The highest BCUT2D eigenvalue weighted by atomic mass is 32.2. The van der Waals surface area contributed by atoms with Gasteiger partial charge in [0, 0.05) is 5.38 Å². The van der Waals surface area contributed by atoms with E-state index in [1.54, 1.807) is 5.38 Å². The summed E-state index contributed by atoms with van der Waals surface area (Å²) in [6, 6.07) is 3.86. The number of anilines is 1. The summed E-state index contributed by atoms with van der Waals surface area (Å²) >= 11 is 2.27. The maximum atomic E-state index is 12.6. The van der Waals surface area contributed by atoms with E-state index in [1.807, 2.05) is 0 Å². The molecule has 0 saturated heterocycles. The van der Waals surface area contributed by atoms with Crippen LogP contribution in [0.1, 0.15) is 16.3 Å². The number of rotatable bonds is 7. The molecule has 0 spiro atoms. The molecular formula is C17H14F3N3O5S3. The van der Waals surface area contributed by atoms with Gasteiger partial charge in [-0.25, -0.2) is 18.4 Å². The summed E-state index contributed by atoms with van der Waals surface area (Å²) in [6.45, 7) is -0.625. The SMILES string of the molecule is O=C(Cc1ccc(S(=O)(=O)C(F)(F)F)cc1)Nc1nc(-c2sc(CO)nc2CO)cs1. The van der Waals surface area contributed by atoms with Crippen LogP contribution in [0, 0.1) is 0 Å². The predicted octanol–water partition coefficient (Wildman–Crippen LogP) is 2.73. The topological polar surface area (TPSA) is 129 Å². The molecular weight excluding hydrogens is 479 g/mol. The van der Waals surface area contributed by atoms with Gasteiger partial charge < -0.3 is 15.5 Å². The van der Waals surface area contributed by atoms with Crippen LogP contribution < -0.4 is 5.32 Å². The second-order valence-corrected chi connectivity index (χ2v) is 9.94. The van der Waals surface area contributed by atoms with Crippen molar-refractivity contribution < 1.29 is 36.6 Å². The molecule has 0 fully saturated rings. The molecule has 0 aliphatic carbocycles. The Kier molecular flexibility index (Phi) is 6.76. The summed E-state index contributed by atoms with van der Waals surface area (Å²) in [7, 11) is -5.45. The number of nitrogens with zero attached hydrogens (tertiary/aromatic N) is 2. The molecule has 2 heterocycles. The van der Waals surface area contributed by atoms with Gasteiger partial charge in [-0.2, -0.15) is 13.2 Å². The molecule has 0 bridgehead atoms. The summed E-state index contributed by atoms with van der Waals surface area (Å²) < 4.78 is 60.5. The lowest BCUT2D eigenvalue weighted by molar-refractivity contribution is -0.115. The number of aromatic nitrogens is 2. The number of nitrogens with one attached hydrogen (secondary N) is 1. The van der Waals surface area contributed by atoms with Gasteiger partial charge in [0.25, 0.3) is 9.84 Å². The van der Waals surface area contributed by atoms with Crippen molar-refractivity contribution in [3.8, 4) is 10.6 Å². The van der Waals surface area contributed by atoms with E-state index >= 15 is 0 Å². The van der Waals surface area contributed by atoms with Gasteiger partial charge in [0.2, 0.25) is 5.91 Å². The molecule has 3 aromatic rings. The number of carbonyl (C=O) groups is 1. The third kappa shape index (κ3) is 5.10. The van der Waals surface area contributed by atoms with Crippen LogP contribution in [0.25, 0.3) is 10.6 Å². The molecule has 0 saturated carbocycles. The zero-order valence-corrected chi connectivity index (χ0v) is 17.8. The van der Waals surface area contributed by atoms with E-state index in [2.05, 4.69) is 15.3 Å². The van der Waals surface area contributed by atoms with Crippen molar-refractivity contribution in [2.45, 2.75) is 30.0 Å². The summed E-state index contributed by atoms with van der Waals surface area (Å²) in [6.07, 6.45) is -0.210. The Labute approximate surface area is 182 Å². The summed E-state index contributed by atoms with van der Waals surface area (Å²) in [5.74, 6) is -0.505. The number of alkyl halides is 3. The van der Waals surface area contributed by atoms with Crippen LogP contribution in [0.15, 0.2) is 34.5 Å². The predicted molar refractivity (Wildman–Crippen MR) is 107 cm³/mol. The van der Waals surface area contributed by atoms with Crippen molar-refractivity contribution in [2.24, 2.45) is 0 Å². The standard InChI is InChI=1S/C17H14F3N3O5S3/c18-17(19,20)31(27,28)10-3-1-9(2-4-10)5-13(26)23-16-22-12(8-29-16)15-11(6-24)21-14(7-25)30-15/h1-4,8,24-25H,5-7H2,(H,22,23,26).